The van der Waals surface area contributed by atoms with E-state index in [9.17, 15) is 9.18 Å². The number of amides is 1. The van der Waals surface area contributed by atoms with Gasteiger partial charge in [-0.3, -0.25) is 10.1 Å². The molecule has 3 atom stereocenters. The average Bonchev–Trinajstić information content (AvgIpc) is 2.62. The molecule has 2 heterocycles. The highest BCUT2D eigenvalue weighted by Crippen LogP contribution is 2.40. The SMILES string of the molecule is CC1OC(NC(=O)c2ccccc2)=N[C@@](C)(c2nc(Br)ccc2F)[C@@H]1C. The third-order valence-electron chi connectivity index (χ3n) is 4.77. The van der Waals surface area contributed by atoms with Crippen molar-refractivity contribution in [2.24, 2.45) is 10.9 Å². The fourth-order valence-corrected chi connectivity index (χ4v) is 3.24. The molecule has 1 aromatic heterocycles. The van der Waals surface area contributed by atoms with Gasteiger partial charge < -0.3 is 4.74 Å². The Morgan fingerprint density at radius 1 is 1.23 bits per heavy atom. The van der Waals surface area contributed by atoms with Crippen molar-refractivity contribution < 1.29 is 13.9 Å². The van der Waals surface area contributed by atoms with E-state index in [4.69, 9.17) is 4.74 Å². The molecule has 0 aliphatic carbocycles. The van der Waals surface area contributed by atoms with Crippen LogP contribution in [0.2, 0.25) is 0 Å². The van der Waals surface area contributed by atoms with Gasteiger partial charge in [-0.2, -0.15) is 0 Å². The van der Waals surface area contributed by atoms with Gasteiger partial charge in [-0.25, -0.2) is 14.4 Å². The number of carbonyl (C=O) groups excluding carboxylic acids is 1. The monoisotopic (exact) mass is 419 g/mol. The predicted octanol–water partition coefficient (Wildman–Crippen LogP) is 4.04. The number of hydrogen-bond acceptors (Lipinski definition) is 4. The lowest BCUT2D eigenvalue weighted by Crippen LogP contribution is -2.48. The molecule has 1 N–H and O–H groups in total. The van der Waals surface area contributed by atoms with Gasteiger partial charge in [0.05, 0.1) is 0 Å². The summed E-state index contributed by atoms with van der Waals surface area (Å²) in [4.78, 5) is 21.2. The molecule has 136 valence electrons. The van der Waals surface area contributed by atoms with Crippen LogP contribution in [0.25, 0.3) is 0 Å². The Morgan fingerprint density at radius 3 is 2.62 bits per heavy atom. The van der Waals surface area contributed by atoms with Gasteiger partial charge in [0.15, 0.2) is 0 Å². The number of aromatic nitrogens is 1. The summed E-state index contributed by atoms with van der Waals surface area (Å²) in [6, 6.07) is 11.7. The zero-order valence-electron chi connectivity index (χ0n) is 14.7. The van der Waals surface area contributed by atoms with Crippen LogP contribution in [-0.4, -0.2) is 23.0 Å². The zero-order valence-corrected chi connectivity index (χ0v) is 16.2. The number of benzene rings is 1. The van der Waals surface area contributed by atoms with E-state index in [1.165, 1.54) is 12.1 Å². The van der Waals surface area contributed by atoms with E-state index in [2.05, 4.69) is 31.2 Å². The molecular formula is C19H19BrFN3O2. The molecule has 26 heavy (non-hydrogen) atoms. The van der Waals surface area contributed by atoms with Crippen molar-refractivity contribution in [3.8, 4) is 0 Å². The van der Waals surface area contributed by atoms with Gasteiger partial charge >= 0.3 is 0 Å². The Bertz CT molecular complexity index is 859. The van der Waals surface area contributed by atoms with Gasteiger partial charge in [-0.1, -0.05) is 25.1 Å². The van der Waals surface area contributed by atoms with Crippen molar-refractivity contribution in [1.29, 1.82) is 0 Å². The summed E-state index contributed by atoms with van der Waals surface area (Å²) in [5, 5.41) is 2.67. The second-order valence-electron chi connectivity index (χ2n) is 6.46. The maximum Gasteiger partial charge on any atom is 0.292 e. The topological polar surface area (TPSA) is 63.6 Å². The van der Waals surface area contributed by atoms with Crippen molar-refractivity contribution in [1.82, 2.24) is 10.3 Å². The molecule has 5 nitrogen and oxygen atoms in total. The summed E-state index contributed by atoms with van der Waals surface area (Å²) in [5.41, 5.74) is -0.287. The largest absolute Gasteiger partial charge is 0.462 e. The Hall–Kier alpha value is -2.28. The van der Waals surface area contributed by atoms with Crippen LogP contribution in [0.4, 0.5) is 4.39 Å². The van der Waals surface area contributed by atoms with Crippen LogP contribution in [-0.2, 0) is 10.3 Å². The highest BCUT2D eigenvalue weighted by atomic mass is 79.9. The number of amidine groups is 1. The molecule has 0 bridgehead atoms. The third-order valence-corrected chi connectivity index (χ3v) is 5.21. The third kappa shape index (κ3) is 3.49. The highest BCUT2D eigenvalue weighted by Gasteiger charge is 2.44. The first-order valence-electron chi connectivity index (χ1n) is 8.26. The molecule has 1 unspecified atom stereocenters. The van der Waals surface area contributed by atoms with Crippen LogP contribution < -0.4 is 5.32 Å². The van der Waals surface area contributed by atoms with Crippen LogP contribution >= 0.6 is 15.9 Å². The summed E-state index contributed by atoms with van der Waals surface area (Å²) in [6.45, 7) is 5.58. The molecule has 1 aliphatic rings. The van der Waals surface area contributed by atoms with E-state index in [0.717, 1.165) is 0 Å². The molecule has 0 radical (unpaired) electrons. The highest BCUT2D eigenvalue weighted by molar-refractivity contribution is 9.10. The van der Waals surface area contributed by atoms with Crippen LogP contribution in [0, 0.1) is 11.7 Å². The average molecular weight is 420 g/mol. The van der Waals surface area contributed by atoms with E-state index >= 15 is 0 Å². The molecule has 2 aromatic rings. The molecule has 3 rings (SSSR count). The van der Waals surface area contributed by atoms with Crippen LogP contribution in [0.3, 0.4) is 0 Å². The second-order valence-corrected chi connectivity index (χ2v) is 7.27. The molecule has 1 aliphatic heterocycles. The molecular weight excluding hydrogens is 401 g/mol. The molecule has 0 spiro atoms. The molecule has 0 fully saturated rings. The number of aliphatic imine (C=N–C) groups is 1. The normalized spacial score (nSPS) is 25.2. The summed E-state index contributed by atoms with van der Waals surface area (Å²) < 4.78 is 20.7. The second kappa shape index (κ2) is 7.15. The minimum Gasteiger partial charge on any atom is -0.462 e. The van der Waals surface area contributed by atoms with Gasteiger partial charge in [0.2, 0.25) is 0 Å². The van der Waals surface area contributed by atoms with Crippen LogP contribution in [0.1, 0.15) is 36.8 Å². The number of rotatable bonds is 2. The maximum atomic E-state index is 14.5. The van der Waals surface area contributed by atoms with Crippen molar-refractivity contribution >= 4 is 27.9 Å². The minimum atomic E-state index is -0.981. The number of hydrogen-bond donors (Lipinski definition) is 1. The van der Waals surface area contributed by atoms with Crippen LogP contribution in [0.5, 0.6) is 0 Å². The quantitative estimate of drug-likeness (QED) is 0.746. The Morgan fingerprint density at radius 2 is 1.92 bits per heavy atom. The van der Waals surface area contributed by atoms with Crippen molar-refractivity contribution in [2.75, 3.05) is 0 Å². The first-order valence-corrected chi connectivity index (χ1v) is 9.06. The maximum absolute atomic E-state index is 14.5. The van der Waals surface area contributed by atoms with Crippen molar-refractivity contribution in [3.63, 3.8) is 0 Å². The van der Waals surface area contributed by atoms with E-state index in [1.54, 1.807) is 31.2 Å². The van der Waals surface area contributed by atoms with Gasteiger partial charge in [-0.05, 0) is 54.0 Å². The van der Waals surface area contributed by atoms with Crippen molar-refractivity contribution in [2.45, 2.75) is 32.4 Å². The number of ether oxygens (including phenoxy) is 1. The Labute approximate surface area is 159 Å². The van der Waals surface area contributed by atoms with Gasteiger partial charge in [0.1, 0.15) is 27.8 Å². The van der Waals surface area contributed by atoms with E-state index < -0.39 is 11.4 Å². The molecule has 1 aromatic carbocycles. The Kier molecular flexibility index (Phi) is 5.09. The lowest BCUT2D eigenvalue weighted by molar-refractivity contribution is 0.0619. The standard InChI is InChI=1S/C19H19BrFN3O2/c1-11-12(2)26-18(23-17(25)13-7-5-4-6-8-13)24-19(11,3)16-14(21)9-10-15(20)22-16/h4-12H,1-3H3,(H,23,24,25)/t11-,12?,19-/m1/s1. The van der Waals surface area contributed by atoms with E-state index in [1.807, 2.05) is 19.9 Å². The fraction of sp³-hybridized carbons (Fsp3) is 0.316. The molecule has 1 amide bonds. The van der Waals surface area contributed by atoms with Gasteiger partial charge in [0.25, 0.3) is 11.9 Å². The molecule has 0 saturated carbocycles. The summed E-state index contributed by atoms with van der Waals surface area (Å²) >= 11 is 3.28. The molecule has 7 heteroatoms. The first-order chi connectivity index (χ1) is 12.3. The fourth-order valence-electron chi connectivity index (χ4n) is 2.93. The van der Waals surface area contributed by atoms with Crippen molar-refractivity contribution in [3.05, 3.63) is 64.1 Å². The zero-order chi connectivity index (χ0) is 18.9. The van der Waals surface area contributed by atoms with E-state index in [-0.39, 0.29) is 29.6 Å². The summed E-state index contributed by atoms with van der Waals surface area (Å²) in [5.74, 6) is -0.943. The molecule has 0 saturated heterocycles. The summed E-state index contributed by atoms with van der Waals surface area (Å²) in [7, 11) is 0. The van der Waals surface area contributed by atoms with Gasteiger partial charge in [-0.15, -0.1) is 0 Å². The summed E-state index contributed by atoms with van der Waals surface area (Å²) in [6.07, 6.45) is -0.288. The van der Waals surface area contributed by atoms with Crippen LogP contribution in [0.15, 0.2) is 52.1 Å². The number of nitrogens with zero attached hydrogens (tertiary/aromatic N) is 2. The minimum absolute atomic E-state index is 0.0631. The lowest BCUT2D eigenvalue weighted by Gasteiger charge is -2.39. The number of pyridine rings is 1. The van der Waals surface area contributed by atoms with E-state index in [0.29, 0.717) is 10.2 Å². The van der Waals surface area contributed by atoms with Gasteiger partial charge in [0, 0.05) is 11.5 Å². The first kappa shape index (κ1) is 18.5. The lowest BCUT2D eigenvalue weighted by atomic mass is 9.80. The number of nitrogens with one attached hydrogen (secondary N) is 1. The predicted molar refractivity (Wildman–Crippen MR) is 100 cm³/mol. The number of carbonyl (C=O) groups is 1. The Balaban J connectivity index is 1.98. The smallest absolute Gasteiger partial charge is 0.292 e. The number of halogens is 2.